The van der Waals surface area contributed by atoms with Gasteiger partial charge in [-0.1, -0.05) is 20.8 Å². The maximum atomic E-state index is 11.7. The second-order valence-corrected chi connectivity index (χ2v) is 4.24. The quantitative estimate of drug-likeness (QED) is 0.634. The number of hydrogen-bond donors (Lipinski definition) is 0. The van der Waals surface area contributed by atoms with Crippen molar-refractivity contribution in [2.75, 3.05) is 13.2 Å². The van der Waals surface area contributed by atoms with Gasteiger partial charge in [0.1, 0.15) is 5.78 Å². The minimum atomic E-state index is -0.202. The molecule has 12 heavy (non-hydrogen) atoms. The Balaban J connectivity index is 2.62. The molecule has 1 atom stereocenters. The summed E-state index contributed by atoms with van der Waals surface area (Å²) in [6.07, 6.45) is 2.01. The van der Waals surface area contributed by atoms with Crippen LogP contribution in [-0.2, 0) is 9.53 Å². The van der Waals surface area contributed by atoms with Gasteiger partial charge in [0, 0.05) is 17.9 Å². The molecule has 0 aromatic rings. The van der Waals surface area contributed by atoms with Crippen molar-refractivity contribution in [2.45, 2.75) is 33.6 Å². The van der Waals surface area contributed by atoms with Gasteiger partial charge in [0.05, 0.1) is 6.61 Å². The van der Waals surface area contributed by atoms with E-state index < -0.39 is 0 Å². The lowest BCUT2D eigenvalue weighted by atomic mass is 9.77. The Kier molecular flexibility index (Phi) is 2.89. The Morgan fingerprint density at radius 1 is 1.50 bits per heavy atom. The zero-order valence-electron chi connectivity index (χ0n) is 8.22. The van der Waals surface area contributed by atoms with E-state index in [1.807, 2.05) is 20.8 Å². The highest BCUT2D eigenvalue weighted by Crippen LogP contribution is 2.31. The topological polar surface area (TPSA) is 26.3 Å². The third-order valence-corrected chi connectivity index (χ3v) is 2.56. The molecule has 1 fully saturated rings. The van der Waals surface area contributed by atoms with E-state index in [2.05, 4.69) is 0 Å². The van der Waals surface area contributed by atoms with Crippen molar-refractivity contribution in [2.24, 2.45) is 11.3 Å². The van der Waals surface area contributed by atoms with Gasteiger partial charge in [-0.3, -0.25) is 4.79 Å². The second kappa shape index (κ2) is 3.56. The standard InChI is InChI=1S/C10H18O2/c1-8(2)9(11)10(3)5-4-6-12-7-10/h8H,4-7H2,1-3H3/t10-/m1/s1. The summed E-state index contributed by atoms with van der Waals surface area (Å²) >= 11 is 0. The molecule has 0 unspecified atom stereocenters. The van der Waals surface area contributed by atoms with Crippen LogP contribution >= 0.6 is 0 Å². The van der Waals surface area contributed by atoms with E-state index in [0.29, 0.717) is 12.4 Å². The molecule has 0 spiro atoms. The van der Waals surface area contributed by atoms with Crippen molar-refractivity contribution < 1.29 is 9.53 Å². The molecule has 0 aliphatic carbocycles. The molecule has 1 rings (SSSR count). The molecule has 0 aromatic heterocycles. The van der Waals surface area contributed by atoms with E-state index >= 15 is 0 Å². The lowest BCUT2D eigenvalue weighted by Crippen LogP contribution is -2.39. The SMILES string of the molecule is CC(C)C(=O)[C@]1(C)CCCOC1. The van der Waals surface area contributed by atoms with E-state index in [-0.39, 0.29) is 11.3 Å². The molecule has 0 N–H and O–H groups in total. The van der Waals surface area contributed by atoms with Crippen molar-refractivity contribution in [1.29, 1.82) is 0 Å². The molecule has 1 saturated heterocycles. The lowest BCUT2D eigenvalue weighted by Gasteiger charge is -2.33. The molecule has 0 saturated carbocycles. The monoisotopic (exact) mass is 170 g/mol. The molecule has 2 nitrogen and oxygen atoms in total. The average molecular weight is 170 g/mol. The van der Waals surface area contributed by atoms with Crippen LogP contribution in [0.2, 0.25) is 0 Å². The van der Waals surface area contributed by atoms with Crippen LogP contribution in [0.15, 0.2) is 0 Å². The fraction of sp³-hybridized carbons (Fsp3) is 0.900. The molecule has 0 bridgehead atoms. The molecule has 70 valence electrons. The molecule has 0 radical (unpaired) electrons. The van der Waals surface area contributed by atoms with Crippen molar-refractivity contribution in [3.05, 3.63) is 0 Å². The fourth-order valence-corrected chi connectivity index (χ4v) is 1.83. The first-order chi connectivity index (χ1) is 5.56. The van der Waals surface area contributed by atoms with Crippen molar-refractivity contribution in [3.63, 3.8) is 0 Å². The predicted molar refractivity (Wildman–Crippen MR) is 48.0 cm³/mol. The number of rotatable bonds is 2. The van der Waals surface area contributed by atoms with Gasteiger partial charge in [-0.05, 0) is 12.8 Å². The molecular weight excluding hydrogens is 152 g/mol. The molecule has 0 amide bonds. The van der Waals surface area contributed by atoms with Gasteiger partial charge in [0.25, 0.3) is 0 Å². The smallest absolute Gasteiger partial charge is 0.143 e. The summed E-state index contributed by atoms with van der Waals surface area (Å²) in [7, 11) is 0. The van der Waals surface area contributed by atoms with Crippen LogP contribution < -0.4 is 0 Å². The van der Waals surface area contributed by atoms with Crippen LogP contribution in [0.4, 0.5) is 0 Å². The van der Waals surface area contributed by atoms with E-state index in [1.165, 1.54) is 0 Å². The van der Waals surface area contributed by atoms with Gasteiger partial charge in [0.2, 0.25) is 0 Å². The van der Waals surface area contributed by atoms with Crippen LogP contribution in [0, 0.1) is 11.3 Å². The highest BCUT2D eigenvalue weighted by molar-refractivity contribution is 5.86. The maximum Gasteiger partial charge on any atom is 0.143 e. The highest BCUT2D eigenvalue weighted by Gasteiger charge is 2.36. The second-order valence-electron chi connectivity index (χ2n) is 4.24. The number of carbonyl (C=O) groups is 1. The zero-order chi connectivity index (χ0) is 9.19. The fourth-order valence-electron chi connectivity index (χ4n) is 1.83. The Morgan fingerprint density at radius 3 is 2.58 bits per heavy atom. The van der Waals surface area contributed by atoms with Gasteiger partial charge >= 0.3 is 0 Å². The minimum Gasteiger partial charge on any atom is -0.380 e. The first-order valence-electron chi connectivity index (χ1n) is 4.68. The molecular formula is C10H18O2. The Bertz CT molecular complexity index is 167. The summed E-state index contributed by atoms with van der Waals surface area (Å²) in [5, 5.41) is 0. The third kappa shape index (κ3) is 1.86. The Labute approximate surface area is 74.3 Å². The van der Waals surface area contributed by atoms with Crippen LogP contribution in [-0.4, -0.2) is 19.0 Å². The van der Waals surface area contributed by atoms with Gasteiger partial charge in [-0.2, -0.15) is 0 Å². The third-order valence-electron chi connectivity index (χ3n) is 2.56. The van der Waals surface area contributed by atoms with Crippen molar-refractivity contribution in [1.82, 2.24) is 0 Å². The maximum absolute atomic E-state index is 11.7. The van der Waals surface area contributed by atoms with Crippen molar-refractivity contribution >= 4 is 5.78 Å². The summed E-state index contributed by atoms with van der Waals surface area (Å²) in [5.41, 5.74) is -0.202. The Hall–Kier alpha value is -0.370. The van der Waals surface area contributed by atoms with Crippen molar-refractivity contribution in [3.8, 4) is 0 Å². The summed E-state index contributed by atoms with van der Waals surface area (Å²) in [6, 6.07) is 0. The summed E-state index contributed by atoms with van der Waals surface area (Å²) in [6.45, 7) is 7.38. The highest BCUT2D eigenvalue weighted by atomic mass is 16.5. The molecule has 1 aliphatic heterocycles. The number of ketones is 1. The molecule has 0 aromatic carbocycles. The summed E-state index contributed by atoms with van der Waals surface area (Å²) < 4.78 is 5.34. The summed E-state index contributed by atoms with van der Waals surface area (Å²) in [5.74, 6) is 0.485. The zero-order valence-corrected chi connectivity index (χ0v) is 8.22. The van der Waals surface area contributed by atoms with Gasteiger partial charge < -0.3 is 4.74 Å². The van der Waals surface area contributed by atoms with Gasteiger partial charge in [0.15, 0.2) is 0 Å². The lowest BCUT2D eigenvalue weighted by molar-refractivity contribution is -0.138. The first kappa shape index (κ1) is 9.72. The van der Waals surface area contributed by atoms with Crippen LogP contribution in [0.5, 0.6) is 0 Å². The molecule has 2 heteroatoms. The first-order valence-corrected chi connectivity index (χ1v) is 4.68. The molecule has 1 aliphatic rings. The van der Waals surface area contributed by atoms with E-state index in [9.17, 15) is 4.79 Å². The Morgan fingerprint density at radius 2 is 2.17 bits per heavy atom. The molecule has 1 heterocycles. The number of hydrogen-bond acceptors (Lipinski definition) is 2. The van der Waals surface area contributed by atoms with Crippen LogP contribution in [0.25, 0.3) is 0 Å². The normalized spacial score (nSPS) is 30.7. The number of ether oxygens (including phenoxy) is 1. The summed E-state index contributed by atoms with van der Waals surface area (Å²) in [4.78, 5) is 11.7. The number of Topliss-reactive ketones (excluding diaryl/α,β-unsaturated/α-hetero) is 1. The van der Waals surface area contributed by atoms with Crippen LogP contribution in [0.1, 0.15) is 33.6 Å². The largest absolute Gasteiger partial charge is 0.380 e. The average Bonchev–Trinajstić information content (AvgIpc) is 2.04. The van der Waals surface area contributed by atoms with E-state index in [1.54, 1.807) is 0 Å². The van der Waals surface area contributed by atoms with Gasteiger partial charge in [-0.25, -0.2) is 0 Å². The number of carbonyl (C=O) groups excluding carboxylic acids is 1. The van der Waals surface area contributed by atoms with Crippen LogP contribution in [0.3, 0.4) is 0 Å². The van der Waals surface area contributed by atoms with E-state index in [4.69, 9.17) is 4.74 Å². The predicted octanol–water partition coefficient (Wildman–Crippen LogP) is 2.03. The van der Waals surface area contributed by atoms with E-state index in [0.717, 1.165) is 19.4 Å². The minimum absolute atomic E-state index is 0.136. The van der Waals surface area contributed by atoms with Gasteiger partial charge in [-0.15, -0.1) is 0 Å².